The third kappa shape index (κ3) is 11.0. The number of halogens is 3. The molecule has 0 spiro atoms. The predicted molar refractivity (Wildman–Crippen MR) is 117 cm³/mol. The monoisotopic (exact) mass is 428 g/mol. The van der Waals surface area contributed by atoms with Gasteiger partial charge in [0.05, 0.1) is 29.4 Å². The quantitative estimate of drug-likeness (QED) is 0.495. The van der Waals surface area contributed by atoms with Gasteiger partial charge in [-0.3, -0.25) is 0 Å². The number of hydrogen-bond acceptors (Lipinski definition) is 2. The van der Waals surface area contributed by atoms with Crippen LogP contribution in [0.3, 0.4) is 0 Å². The first-order chi connectivity index (χ1) is 12.7. The highest BCUT2D eigenvalue weighted by Gasteiger charge is 2.11. The Bertz CT molecular complexity index is 742. The van der Waals surface area contributed by atoms with Gasteiger partial charge in [-0.05, 0) is 89.4 Å². The first-order valence-electron chi connectivity index (χ1n) is 9.23. The van der Waals surface area contributed by atoms with Crippen LogP contribution in [0.1, 0.15) is 58.2 Å². The van der Waals surface area contributed by atoms with Crippen LogP contribution >= 0.6 is 23.2 Å². The molecule has 0 saturated heterocycles. The Kier molecular flexibility index (Phi) is 9.42. The van der Waals surface area contributed by atoms with Gasteiger partial charge < -0.3 is 9.47 Å². The van der Waals surface area contributed by atoms with Crippen molar-refractivity contribution in [2.75, 3.05) is 0 Å². The summed E-state index contributed by atoms with van der Waals surface area (Å²) >= 11 is 11.6. The summed E-state index contributed by atoms with van der Waals surface area (Å²) in [6.07, 6.45) is 0. The summed E-state index contributed by atoms with van der Waals surface area (Å²) in [5.41, 5.74) is 2.89. The Morgan fingerprint density at radius 3 is 1.79 bits per heavy atom. The van der Waals surface area contributed by atoms with Crippen LogP contribution in [0, 0.1) is 12.7 Å². The second-order valence-electron chi connectivity index (χ2n) is 8.69. The Hall–Kier alpha value is -1.13. The highest BCUT2D eigenvalue weighted by molar-refractivity contribution is 6.31. The second kappa shape index (κ2) is 10.6. The second-order valence-corrected chi connectivity index (χ2v) is 9.53. The van der Waals surface area contributed by atoms with Crippen molar-refractivity contribution in [1.82, 2.24) is 0 Å². The molecule has 28 heavy (non-hydrogen) atoms. The van der Waals surface area contributed by atoms with Gasteiger partial charge >= 0.3 is 0 Å². The fourth-order valence-corrected chi connectivity index (χ4v) is 2.64. The zero-order valence-electron chi connectivity index (χ0n) is 17.8. The third-order valence-electron chi connectivity index (χ3n) is 3.43. The maximum Gasteiger partial charge on any atom is 0.141 e. The van der Waals surface area contributed by atoms with Crippen molar-refractivity contribution >= 4 is 23.2 Å². The number of rotatable bonds is 4. The molecule has 0 aliphatic rings. The summed E-state index contributed by atoms with van der Waals surface area (Å²) in [6, 6.07) is 10.6. The average molecular weight is 429 g/mol. The maximum atomic E-state index is 12.8. The van der Waals surface area contributed by atoms with Crippen LogP contribution in [0.5, 0.6) is 0 Å². The molecular weight excluding hydrogens is 398 g/mol. The molecule has 0 fully saturated rings. The Balaban J connectivity index is 0.000000280. The first kappa shape index (κ1) is 24.9. The molecule has 0 aliphatic heterocycles. The minimum atomic E-state index is -0.397. The molecule has 0 bridgehead atoms. The van der Waals surface area contributed by atoms with Crippen LogP contribution in [0.25, 0.3) is 0 Å². The summed E-state index contributed by atoms with van der Waals surface area (Å²) in [5.74, 6) is -0.397. The molecule has 2 aromatic rings. The number of benzene rings is 2. The topological polar surface area (TPSA) is 18.5 Å². The van der Waals surface area contributed by atoms with Gasteiger partial charge in [0.15, 0.2) is 0 Å². The molecule has 156 valence electrons. The Morgan fingerprint density at radius 1 is 0.786 bits per heavy atom. The Morgan fingerprint density at radius 2 is 1.32 bits per heavy atom. The maximum absolute atomic E-state index is 12.8. The largest absolute Gasteiger partial charge is 0.371 e. The van der Waals surface area contributed by atoms with Gasteiger partial charge in [0.25, 0.3) is 0 Å². The Labute approximate surface area is 179 Å². The van der Waals surface area contributed by atoms with E-state index in [4.69, 9.17) is 32.7 Å². The standard InChI is InChI=1S/C12H17ClO.C11H14ClFO/c1-9-5-10(7-11(13)6-9)8-14-12(2,3)4;1-11(2,3)14-7-8-4-5-10(13)9(12)6-8/h5-7H,8H2,1-4H3;4-6H,7H2,1-3H3. The average Bonchev–Trinajstić information content (AvgIpc) is 2.52. The van der Waals surface area contributed by atoms with E-state index in [1.807, 2.05) is 60.6 Å². The molecule has 0 aromatic heterocycles. The van der Waals surface area contributed by atoms with E-state index in [-0.39, 0.29) is 16.2 Å². The molecule has 0 N–H and O–H groups in total. The molecular formula is C23H31Cl2FO2. The molecule has 2 nitrogen and oxygen atoms in total. The van der Waals surface area contributed by atoms with Gasteiger partial charge in [-0.1, -0.05) is 35.3 Å². The zero-order chi connectivity index (χ0) is 21.5. The van der Waals surface area contributed by atoms with Crippen LogP contribution in [-0.4, -0.2) is 11.2 Å². The summed E-state index contributed by atoms with van der Waals surface area (Å²) in [7, 11) is 0. The molecule has 0 radical (unpaired) electrons. The predicted octanol–water partition coefficient (Wildman–Crippen LogP) is 7.76. The van der Waals surface area contributed by atoms with Crippen molar-refractivity contribution < 1.29 is 13.9 Å². The summed E-state index contributed by atoms with van der Waals surface area (Å²) in [5, 5.41) is 0.914. The lowest BCUT2D eigenvalue weighted by Crippen LogP contribution is -2.18. The fraction of sp³-hybridized carbons (Fsp3) is 0.478. The number of aryl methyl sites for hydroxylation is 1. The molecule has 0 unspecified atom stereocenters. The molecule has 0 heterocycles. The third-order valence-corrected chi connectivity index (χ3v) is 3.94. The molecule has 5 heteroatoms. The summed E-state index contributed by atoms with van der Waals surface area (Å²) in [4.78, 5) is 0. The van der Waals surface area contributed by atoms with Crippen LogP contribution < -0.4 is 0 Å². The molecule has 2 aromatic carbocycles. The minimum absolute atomic E-state index is 0.101. The lowest BCUT2D eigenvalue weighted by molar-refractivity contribution is -0.0152. The zero-order valence-corrected chi connectivity index (χ0v) is 19.3. The summed E-state index contributed by atoms with van der Waals surface area (Å²) < 4.78 is 24.0. The van der Waals surface area contributed by atoms with Crippen molar-refractivity contribution in [2.45, 2.75) is 72.9 Å². The first-order valence-corrected chi connectivity index (χ1v) is 9.99. The van der Waals surface area contributed by atoms with E-state index >= 15 is 0 Å². The molecule has 0 amide bonds. The van der Waals surface area contributed by atoms with E-state index in [0.29, 0.717) is 13.2 Å². The molecule has 0 aliphatic carbocycles. The van der Waals surface area contributed by atoms with Crippen LogP contribution in [-0.2, 0) is 22.7 Å². The van der Waals surface area contributed by atoms with Gasteiger partial charge in [-0.2, -0.15) is 0 Å². The minimum Gasteiger partial charge on any atom is -0.371 e. The SMILES string of the molecule is CC(C)(C)OCc1ccc(F)c(Cl)c1.Cc1cc(Cl)cc(COC(C)(C)C)c1. The van der Waals surface area contributed by atoms with Gasteiger partial charge in [-0.15, -0.1) is 0 Å². The van der Waals surface area contributed by atoms with Crippen LogP contribution in [0.15, 0.2) is 36.4 Å². The van der Waals surface area contributed by atoms with E-state index in [2.05, 4.69) is 6.07 Å². The van der Waals surface area contributed by atoms with Gasteiger partial charge in [-0.25, -0.2) is 4.39 Å². The van der Waals surface area contributed by atoms with Crippen LogP contribution in [0.2, 0.25) is 10.0 Å². The lowest BCUT2D eigenvalue weighted by atomic mass is 10.1. The van der Waals surface area contributed by atoms with Crippen LogP contribution in [0.4, 0.5) is 4.39 Å². The van der Waals surface area contributed by atoms with Crippen molar-refractivity contribution in [1.29, 1.82) is 0 Å². The number of hydrogen-bond donors (Lipinski definition) is 0. The van der Waals surface area contributed by atoms with Crippen molar-refractivity contribution in [3.63, 3.8) is 0 Å². The smallest absolute Gasteiger partial charge is 0.141 e. The van der Waals surface area contributed by atoms with Gasteiger partial charge in [0, 0.05) is 5.02 Å². The molecule has 0 atom stereocenters. The fourth-order valence-electron chi connectivity index (χ4n) is 2.12. The summed E-state index contributed by atoms with van der Waals surface area (Å²) in [6.45, 7) is 15.1. The highest BCUT2D eigenvalue weighted by Crippen LogP contribution is 2.19. The number of ether oxygens (including phenoxy) is 2. The van der Waals surface area contributed by atoms with Gasteiger partial charge in [0.2, 0.25) is 0 Å². The van der Waals surface area contributed by atoms with Crippen molar-refractivity contribution in [2.24, 2.45) is 0 Å². The van der Waals surface area contributed by atoms with E-state index in [9.17, 15) is 4.39 Å². The van der Waals surface area contributed by atoms with Gasteiger partial charge in [0.1, 0.15) is 5.82 Å². The lowest BCUT2D eigenvalue weighted by Gasteiger charge is -2.19. The van der Waals surface area contributed by atoms with Crippen molar-refractivity contribution in [3.8, 4) is 0 Å². The molecule has 2 rings (SSSR count). The van der Waals surface area contributed by atoms with E-state index < -0.39 is 5.82 Å². The van der Waals surface area contributed by atoms with E-state index in [0.717, 1.165) is 16.1 Å². The van der Waals surface area contributed by atoms with E-state index in [1.54, 1.807) is 12.1 Å². The normalized spacial score (nSPS) is 11.8. The van der Waals surface area contributed by atoms with E-state index in [1.165, 1.54) is 11.6 Å². The van der Waals surface area contributed by atoms with Crippen molar-refractivity contribution in [3.05, 3.63) is 69.0 Å². The molecule has 0 saturated carbocycles. The highest BCUT2D eigenvalue weighted by atomic mass is 35.5.